The molecule has 0 atom stereocenters. The Balaban J connectivity index is 2.18. The number of benzene rings is 1. The zero-order valence-corrected chi connectivity index (χ0v) is 12.3. The number of hydrogen-bond donors (Lipinski definition) is 2. The van der Waals surface area contributed by atoms with Gasteiger partial charge < -0.3 is 9.84 Å². The Hall–Kier alpha value is -2.12. The van der Waals surface area contributed by atoms with Gasteiger partial charge in [-0.1, -0.05) is 0 Å². The summed E-state index contributed by atoms with van der Waals surface area (Å²) in [7, 11) is -3.66. The van der Waals surface area contributed by atoms with E-state index in [-0.39, 0.29) is 18.1 Å². The molecular formula is C14H16N2O4S. The molecule has 112 valence electrons. The summed E-state index contributed by atoms with van der Waals surface area (Å²) in [6.07, 6.45) is 3.11. The lowest BCUT2D eigenvalue weighted by atomic mass is 10.3. The van der Waals surface area contributed by atoms with E-state index in [1.165, 1.54) is 18.3 Å². The van der Waals surface area contributed by atoms with Crippen LogP contribution in [0, 0.1) is 6.92 Å². The second-order valence-corrected chi connectivity index (χ2v) is 6.02. The van der Waals surface area contributed by atoms with E-state index in [1.54, 1.807) is 31.3 Å². The molecule has 2 N–H and O–H groups in total. The minimum atomic E-state index is -3.66. The van der Waals surface area contributed by atoms with E-state index in [1.807, 2.05) is 0 Å². The molecule has 1 aromatic heterocycles. The van der Waals surface area contributed by atoms with Crippen molar-refractivity contribution >= 4 is 15.7 Å². The quantitative estimate of drug-likeness (QED) is 0.845. The smallest absolute Gasteiger partial charge is 0.261 e. The fraction of sp³-hybridized carbons (Fsp3) is 0.214. The molecule has 0 saturated heterocycles. The summed E-state index contributed by atoms with van der Waals surface area (Å²) in [4.78, 5) is 4.05. The van der Waals surface area contributed by atoms with Gasteiger partial charge in [0.2, 0.25) is 0 Å². The average Bonchev–Trinajstić information content (AvgIpc) is 2.48. The molecule has 7 heteroatoms. The molecule has 0 aliphatic carbocycles. The molecule has 2 rings (SSSR count). The van der Waals surface area contributed by atoms with Crippen LogP contribution in [0.4, 0.5) is 5.69 Å². The summed E-state index contributed by atoms with van der Waals surface area (Å²) in [6.45, 7) is 1.85. The van der Waals surface area contributed by atoms with Gasteiger partial charge in [0.05, 0.1) is 17.2 Å². The van der Waals surface area contributed by atoms with Crippen LogP contribution in [0.1, 0.15) is 5.56 Å². The van der Waals surface area contributed by atoms with Gasteiger partial charge in [0.15, 0.2) is 0 Å². The van der Waals surface area contributed by atoms with Crippen molar-refractivity contribution in [2.24, 2.45) is 0 Å². The molecule has 0 bridgehead atoms. The highest BCUT2D eigenvalue weighted by atomic mass is 32.2. The molecule has 0 aliphatic heterocycles. The molecule has 0 fully saturated rings. The van der Waals surface area contributed by atoms with Crippen LogP contribution in [0.15, 0.2) is 47.6 Å². The molecule has 0 aliphatic rings. The number of pyridine rings is 1. The second-order valence-electron chi connectivity index (χ2n) is 4.34. The van der Waals surface area contributed by atoms with Crippen LogP contribution in [0.25, 0.3) is 0 Å². The second kappa shape index (κ2) is 6.55. The van der Waals surface area contributed by atoms with Gasteiger partial charge >= 0.3 is 0 Å². The number of rotatable bonds is 6. The third-order valence-electron chi connectivity index (χ3n) is 2.76. The lowest BCUT2D eigenvalue weighted by molar-refractivity contribution is 0.201. The number of aromatic nitrogens is 1. The van der Waals surface area contributed by atoms with Gasteiger partial charge in [-0.3, -0.25) is 9.71 Å². The van der Waals surface area contributed by atoms with Crippen LogP contribution in [-0.4, -0.2) is 31.7 Å². The van der Waals surface area contributed by atoms with Crippen LogP contribution in [-0.2, 0) is 10.0 Å². The first-order valence-corrected chi connectivity index (χ1v) is 7.78. The molecule has 0 radical (unpaired) electrons. The highest BCUT2D eigenvalue weighted by molar-refractivity contribution is 7.92. The SMILES string of the molecule is Cc1cnccc1NS(=O)(=O)c1ccc(OCCO)cc1. The van der Waals surface area contributed by atoms with Crippen molar-refractivity contribution < 1.29 is 18.3 Å². The van der Waals surface area contributed by atoms with E-state index < -0.39 is 10.0 Å². The molecular weight excluding hydrogens is 292 g/mol. The fourth-order valence-electron chi connectivity index (χ4n) is 1.67. The van der Waals surface area contributed by atoms with Crippen LogP contribution in [0.3, 0.4) is 0 Å². The molecule has 0 unspecified atom stereocenters. The van der Waals surface area contributed by atoms with Gasteiger partial charge in [-0.25, -0.2) is 8.42 Å². The monoisotopic (exact) mass is 308 g/mol. The number of nitrogens with zero attached hydrogens (tertiary/aromatic N) is 1. The van der Waals surface area contributed by atoms with E-state index >= 15 is 0 Å². The van der Waals surface area contributed by atoms with Crippen molar-refractivity contribution in [1.29, 1.82) is 0 Å². The van der Waals surface area contributed by atoms with Crippen molar-refractivity contribution in [2.75, 3.05) is 17.9 Å². The van der Waals surface area contributed by atoms with Gasteiger partial charge in [-0.15, -0.1) is 0 Å². The number of aliphatic hydroxyl groups excluding tert-OH is 1. The topological polar surface area (TPSA) is 88.5 Å². The van der Waals surface area contributed by atoms with Crippen molar-refractivity contribution in [2.45, 2.75) is 11.8 Å². The van der Waals surface area contributed by atoms with Gasteiger partial charge in [-0.05, 0) is 42.8 Å². The maximum atomic E-state index is 12.3. The average molecular weight is 308 g/mol. The van der Waals surface area contributed by atoms with Crippen molar-refractivity contribution in [3.05, 3.63) is 48.3 Å². The lowest BCUT2D eigenvalue weighted by Gasteiger charge is -2.10. The van der Waals surface area contributed by atoms with Crippen molar-refractivity contribution in [3.63, 3.8) is 0 Å². The van der Waals surface area contributed by atoms with Crippen LogP contribution in [0.5, 0.6) is 5.75 Å². The number of nitrogens with one attached hydrogen (secondary N) is 1. The first kappa shape index (κ1) is 15.3. The maximum Gasteiger partial charge on any atom is 0.261 e. The van der Waals surface area contributed by atoms with Crippen molar-refractivity contribution in [1.82, 2.24) is 4.98 Å². The molecule has 1 heterocycles. The van der Waals surface area contributed by atoms with E-state index in [2.05, 4.69) is 9.71 Å². The normalized spacial score (nSPS) is 11.1. The third-order valence-corrected chi connectivity index (χ3v) is 4.14. The number of anilines is 1. The Labute approximate surface area is 123 Å². The first-order valence-electron chi connectivity index (χ1n) is 6.30. The number of sulfonamides is 1. The summed E-state index contributed by atoms with van der Waals surface area (Å²) in [5.74, 6) is 0.503. The van der Waals surface area contributed by atoms with Crippen LogP contribution < -0.4 is 9.46 Å². The Bertz CT molecular complexity index is 699. The van der Waals surface area contributed by atoms with Crippen LogP contribution in [0.2, 0.25) is 0 Å². The van der Waals surface area contributed by atoms with Gasteiger partial charge in [0.25, 0.3) is 10.0 Å². The van der Waals surface area contributed by atoms with E-state index in [0.29, 0.717) is 11.4 Å². The molecule has 1 aromatic carbocycles. The molecule has 0 saturated carbocycles. The summed E-state index contributed by atoms with van der Waals surface area (Å²) in [6, 6.07) is 7.59. The third kappa shape index (κ3) is 3.93. The summed E-state index contributed by atoms with van der Waals surface area (Å²) in [5, 5.41) is 8.67. The van der Waals surface area contributed by atoms with Gasteiger partial charge in [0, 0.05) is 12.4 Å². The number of hydrogen-bond acceptors (Lipinski definition) is 5. The number of aryl methyl sites for hydroxylation is 1. The lowest BCUT2D eigenvalue weighted by Crippen LogP contribution is -2.13. The Kier molecular flexibility index (Phi) is 4.77. The molecule has 21 heavy (non-hydrogen) atoms. The number of aliphatic hydroxyl groups is 1. The molecule has 6 nitrogen and oxygen atoms in total. The van der Waals surface area contributed by atoms with Gasteiger partial charge in [-0.2, -0.15) is 0 Å². The summed E-state index contributed by atoms with van der Waals surface area (Å²) < 4.78 is 32.2. The highest BCUT2D eigenvalue weighted by Gasteiger charge is 2.15. The van der Waals surface area contributed by atoms with E-state index in [9.17, 15) is 8.42 Å². The fourth-order valence-corrected chi connectivity index (χ4v) is 2.80. The predicted octanol–water partition coefficient (Wildman–Crippen LogP) is 1.56. The first-order chi connectivity index (χ1) is 10.0. The van der Waals surface area contributed by atoms with E-state index in [0.717, 1.165) is 5.56 Å². The Morgan fingerprint density at radius 1 is 1.24 bits per heavy atom. The van der Waals surface area contributed by atoms with Gasteiger partial charge in [0.1, 0.15) is 12.4 Å². The molecule has 0 amide bonds. The largest absolute Gasteiger partial charge is 0.491 e. The Morgan fingerprint density at radius 3 is 2.57 bits per heavy atom. The molecule has 0 spiro atoms. The zero-order chi connectivity index (χ0) is 15.3. The zero-order valence-electron chi connectivity index (χ0n) is 11.5. The highest BCUT2D eigenvalue weighted by Crippen LogP contribution is 2.20. The minimum absolute atomic E-state index is 0.0943. The number of ether oxygens (including phenoxy) is 1. The standard InChI is InChI=1S/C14H16N2O4S/c1-11-10-15-7-6-14(11)16-21(18,19)13-4-2-12(3-5-13)20-9-8-17/h2-7,10,17H,8-9H2,1H3,(H,15,16). The summed E-state index contributed by atoms with van der Waals surface area (Å²) >= 11 is 0. The Morgan fingerprint density at radius 2 is 1.95 bits per heavy atom. The minimum Gasteiger partial charge on any atom is -0.491 e. The van der Waals surface area contributed by atoms with Crippen molar-refractivity contribution in [3.8, 4) is 5.75 Å². The van der Waals surface area contributed by atoms with E-state index in [4.69, 9.17) is 9.84 Å². The predicted molar refractivity (Wildman–Crippen MR) is 78.8 cm³/mol. The molecule has 2 aromatic rings. The van der Waals surface area contributed by atoms with Crippen LogP contribution >= 0.6 is 0 Å². The maximum absolute atomic E-state index is 12.3. The summed E-state index contributed by atoms with van der Waals surface area (Å²) in [5.41, 5.74) is 1.23.